The monoisotopic (exact) mass is 433 g/mol. The summed E-state index contributed by atoms with van der Waals surface area (Å²) >= 11 is 0. The van der Waals surface area contributed by atoms with Gasteiger partial charge < -0.3 is 10.2 Å². The molecular weight excluding hydrogens is 402 g/mol. The zero-order valence-electron chi connectivity index (χ0n) is 18.8. The predicted molar refractivity (Wildman–Crippen MR) is 125 cm³/mol. The lowest BCUT2D eigenvalue weighted by Gasteiger charge is -2.22. The minimum absolute atomic E-state index is 0.00432. The molecule has 0 aliphatic carbocycles. The summed E-state index contributed by atoms with van der Waals surface area (Å²) in [6, 6.07) is 19.8. The van der Waals surface area contributed by atoms with Crippen LogP contribution in [0.25, 0.3) is 0 Å². The molecule has 1 aliphatic heterocycles. The van der Waals surface area contributed by atoms with Crippen molar-refractivity contribution in [1.82, 2.24) is 24.6 Å². The van der Waals surface area contributed by atoms with Crippen molar-refractivity contribution in [2.45, 2.75) is 44.3 Å². The van der Waals surface area contributed by atoms with Crippen LogP contribution in [0.4, 0.5) is 0 Å². The number of likely N-dealkylation sites (N-methyl/N-ethyl adjacent to an activating group) is 1. The number of nitrogens with one attached hydrogen (secondary N) is 1. The number of aryl methyl sites for hydroxylation is 1. The fraction of sp³-hybridized carbons (Fsp3) is 0.400. The molecule has 3 aromatic rings. The summed E-state index contributed by atoms with van der Waals surface area (Å²) in [4.78, 5) is 28.2. The van der Waals surface area contributed by atoms with E-state index in [2.05, 4.69) is 10.4 Å². The summed E-state index contributed by atoms with van der Waals surface area (Å²) in [5.74, 6) is 0.449. The van der Waals surface area contributed by atoms with Gasteiger partial charge in [-0.1, -0.05) is 60.7 Å². The van der Waals surface area contributed by atoms with Crippen LogP contribution in [0.1, 0.15) is 35.7 Å². The van der Waals surface area contributed by atoms with Gasteiger partial charge in [-0.05, 0) is 38.1 Å². The van der Waals surface area contributed by atoms with E-state index in [1.165, 1.54) is 0 Å². The van der Waals surface area contributed by atoms with Crippen LogP contribution in [0.15, 0.2) is 65.5 Å². The van der Waals surface area contributed by atoms with E-state index in [-0.39, 0.29) is 23.6 Å². The van der Waals surface area contributed by atoms with E-state index in [1.54, 1.807) is 9.25 Å². The minimum Gasteiger partial charge on any atom is -0.352 e. The topological polar surface area (TPSA) is 72.2 Å². The van der Waals surface area contributed by atoms with Crippen molar-refractivity contribution in [3.05, 3.63) is 88.1 Å². The third-order valence-corrected chi connectivity index (χ3v) is 6.05. The van der Waals surface area contributed by atoms with Crippen LogP contribution in [0, 0.1) is 0 Å². The molecule has 1 atom stereocenters. The first kappa shape index (κ1) is 22.0. The zero-order chi connectivity index (χ0) is 22.5. The summed E-state index contributed by atoms with van der Waals surface area (Å²) < 4.78 is 3.34. The van der Waals surface area contributed by atoms with Crippen LogP contribution in [0.2, 0.25) is 0 Å². The Labute approximate surface area is 188 Å². The van der Waals surface area contributed by atoms with Crippen LogP contribution >= 0.6 is 0 Å². The summed E-state index contributed by atoms with van der Waals surface area (Å²) in [6.07, 6.45) is 2.16. The van der Waals surface area contributed by atoms with Crippen LogP contribution in [0.3, 0.4) is 0 Å². The van der Waals surface area contributed by atoms with Crippen molar-refractivity contribution in [3.8, 4) is 0 Å². The third-order valence-electron chi connectivity index (χ3n) is 6.05. The average molecular weight is 434 g/mol. The highest BCUT2D eigenvalue weighted by atomic mass is 16.2. The first-order valence-electron chi connectivity index (χ1n) is 11.2. The summed E-state index contributed by atoms with van der Waals surface area (Å²) in [5, 5.41) is 7.81. The first-order valence-corrected chi connectivity index (χ1v) is 11.2. The Morgan fingerprint density at radius 2 is 1.69 bits per heavy atom. The molecule has 4 rings (SSSR count). The SMILES string of the molecule is CN(C)CCn1nc2n(c1=O)CCC(NC(=O)C(c1ccccc1)c1ccccc1)CC2. The molecule has 0 bridgehead atoms. The molecule has 0 saturated heterocycles. The van der Waals surface area contributed by atoms with E-state index >= 15 is 0 Å². The average Bonchev–Trinajstić information content (AvgIpc) is 2.96. The molecule has 2 aromatic carbocycles. The first-order chi connectivity index (χ1) is 15.5. The van der Waals surface area contributed by atoms with Gasteiger partial charge in [0.2, 0.25) is 5.91 Å². The summed E-state index contributed by atoms with van der Waals surface area (Å²) in [6.45, 7) is 1.93. The number of carbonyl (C=O) groups excluding carboxylic acids is 1. The molecule has 1 aliphatic rings. The number of benzene rings is 2. The Balaban J connectivity index is 1.46. The molecule has 2 heterocycles. The molecule has 1 amide bonds. The second-order valence-corrected chi connectivity index (χ2v) is 8.66. The lowest BCUT2D eigenvalue weighted by atomic mass is 9.90. The molecule has 0 fully saturated rings. The highest BCUT2D eigenvalue weighted by Gasteiger charge is 2.27. The number of fused-ring (bicyclic) bond motifs is 1. The van der Waals surface area contributed by atoms with E-state index < -0.39 is 0 Å². The molecule has 7 nitrogen and oxygen atoms in total. The number of hydrogen-bond acceptors (Lipinski definition) is 4. The quantitative estimate of drug-likeness (QED) is 0.620. The van der Waals surface area contributed by atoms with Crippen LogP contribution in [-0.2, 0) is 24.3 Å². The molecular formula is C25H31N5O2. The maximum atomic E-state index is 13.4. The van der Waals surface area contributed by atoms with Gasteiger partial charge in [0.25, 0.3) is 0 Å². The summed E-state index contributed by atoms with van der Waals surface area (Å²) in [5.41, 5.74) is 1.89. The highest BCUT2D eigenvalue weighted by Crippen LogP contribution is 2.25. The van der Waals surface area contributed by atoms with E-state index in [1.807, 2.05) is 79.7 Å². The Hall–Kier alpha value is -3.19. The number of aromatic nitrogens is 3. The van der Waals surface area contributed by atoms with E-state index in [0.29, 0.717) is 25.9 Å². The number of hydrogen-bond donors (Lipinski definition) is 1. The van der Waals surface area contributed by atoms with E-state index in [0.717, 1.165) is 29.9 Å². The number of rotatable bonds is 7. The molecule has 1 N–H and O–H groups in total. The van der Waals surface area contributed by atoms with Gasteiger partial charge in [0.15, 0.2) is 0 Å². The largest absolute Gasteiger partial charge is 0.352 e. The molecule has 168 valence electrons. The molecule has 0 saturated carbocycles. The van der Waals surface area contributed by atoms with Gasteiger partial charge in [-0.15, -0.1) is 0 Å². The predicted octanol–water partition coefficient (Wildman–Crippen LogP) is 2.26. The maximum Gasteiger partial charge on any atom is 0.345 e. The molecule has 7 heteroatoms. The Morgan fingerprint density at radius 1 is 1.06 bits per heavy atom. The van der Waals surface area contributed by atoms with Gasteiger partial charge in [-0.3, -0.25) is 9.36 Å². The third kappa shape index (κ3) is 4.99. The van der Waals surface area contributed by atoms with Gasteiger partial charge in [0.1, 0.15) is 5.82 Å². The van der Waals surface area contributed by atoms with Gasteiger partial charge in [-0.2, -0.15) is 5.10 Å². The van der Waals surface area contributed by atoms with Gasteiger partial charge in [-0.25, -0.2) is 9.48 Å². The van der Waals surface area contributed by atoms with Crippen LogP contribution in [0.5, 0.6) is 0 Å². The Bertz CT molecular complexity index is 1050. The summed E-state index contributed by atoms with van der Waals surface area (Å²) in [7, 11) is 3.97. The van der Waals surface area contributed by atoms with Crippen LogP contribution in [-0.4, -0.2) is 51.8 Å². The fourth-order valence-corrected chi connectivity index (χ4v) is 4.28. The van der Waals surface area contributed by atoms with Gasteiger partial charge >= 0.3 is 5.69 Å². The smallest absolute Gasteiger partial charge is 0.345 e. The molecule has 1 aromatic heterocycles. The van der Waals surface area contributed by atoms with Gasteiger partial charge in [0, 0.05) is 25.6 Å². The minimum atomic E-state index is -0.360. The van der Waals surface area contributed by atoms with Gasteiger partial charge in [0.05, 0.1) is 12.5 Å². The van der Waals surface area contributed by atoms with Crippen molar-refractivity contribution < 1.29 is 4.79 Å². The van der Waals surface area contributed by atoms with E-state index in [9.17, 15) is 9.59 Å². The zero-order valence-corrected chi connectivity index (χ0v) is 18.8. The van der Waals surface area contributed by atoms with Crippen molar-refractivity contribution in [2.75, 3.05) is 20.6 Å². The number of carbonyl (C=O) groups is 1. The molecule has 0 spiro atoms. The number of nitrogens with zero attached hydrogens (tertiary/aromatic N) is 4. The Kier molecular flexibility index (Phi) is 6.85. The lowest BCUT2D eigenvalue weighted by Crippen LogP contribution is -2.39. The molecule has 32 heavy (non-hydrogen) atoms. The maximum absolute atomic E-state index is 13.4. The van der Waals surface area contributed by atoms with Crippen molar-refractivity contribution >= 4 is 5.91 Å². The second kappa shape index (κ2) is 9.96. The Morgan fingerprint density at radius 3 is 2.28 bits per heavy atom. The molecule has 0 radical (unpaired) electrons. The fourth-order valence-electron chi connectivity index (χ4n) is 4.28. The highest BCUT2D eigenvalue weighted by molar-refractivity contribution is 5.87. The number of amides is 1. The van der Waals surface area contributed by atoms with Crippen molar-refractivity contribution in [1.29, 1.82) is 0 Å². The standard InChI is InChI=1S/C25H31N5O2/c1-28(2)17-18-30-25(32)29-16-15-21(13-14-22(29)27-30)26-24(31)23(19-9-5-3-6-10-19)20-11-7-4-8-12-20/h3-12,21,23H,13-18H2,1-2H3,(H,26,31). The van der Waals surface area contributed by atoms with Crippen molar-refractivity contribution in [3.63, 3.8) is 0 Å². The van der Waals surface area contributed by atoms with Crippen molar-refractivity contribution in [2.24, 2.45) is 0 Å². The second-order valence-electron chi connectivity index (χ2n) is 8.66. The van der Waals surface area contributed by atoms with E-state index in [4.69, 9.17) is 0 Å². The lowest BCUT2D eigenvalue weighted by molar-refractivity contribution is -0.122. The normalized spacial score (nSPS) is 16.1. The van der Waals surface area contributed by atoms with Crippen LogP contribution < -0.4 is 11.0 Å². The molecule has 1 unspecified atom stereocenters.